The number of nitrogens with one attached hydrogen (secondary N) is 1. The van der Waals surface area contributed by atoms with Gasteiger partial charge in [0.05, 0.1) is 22.1 Å². The number of imidazole rings is 2. The highest BCUT2D eigenvalue weighted by Crippen LogP contribution is 2.27. The quantitative estimate of drug-likeness (QED) is 0.0722. The van der Waals surface area contributed by atoms with Crippen LogP contribution in [0.4, 0.5) is 32.3 Å². The van der Waals surface area contributed by atoms with E-state index in [1.54, 1.807) is 22.8 Å². The minimum Gasteiger partial charge on any atom is -0.353 e. The number of piperidine rings is 2. The molecule has 0 aliphatic carbocycles. The predicted octanol–water partition coefficient (Wildman–Crippen LogP) is 11.3. The SMILES string of the molecule is C.C=C=C=C.FC(F)(F)CCCn1c(Cl)nc2ccccc21.FC(F)(F)CCCn1c(NC2CCN(Cc3ccccc3)CC2)nc2ccccc21.NC1CCN(Cc2ccccc2)CC1.[B]B([B])[B]. The van der Waals surface area contributed by atoms with Crippen LogP contribution < -0.4 is 11.1 Å². The van der Waals surface area contributed by atoms with Crippen LogP contribution in [0.1, 0.15) is 69.9 Å². The monoisotopic (exact) mass is 981 g/mol. The van der Waals surface area contributed by atoms with Gasteiger partial charge in [-0.2, -0.15) is 26.3 Å². The summed E-state index contributed by atoms with van der Waals surface area (Å²) in [5.41, 5.74) is 16.4. The molecule has 2 aliphatic heterocycles. The number of aromatic nitrogens is 4. The van der Waals surface area contributed by atoms with E-state index in [9.17, 15) is 26.3 Å². The highest BCUT2D eigenvalue weighted by molar-refractivity contribution is 7.49. The summed E-state index contributed by atoms with van der Waals surface area (Å²) in [6.07, 6.45) is -6.19. The zero-order valence-electron chi connectivity index (χ0n) is 39.0. The van der Waals surface area contributed by atoms with E-state index in [0.29, 0.717) is 24.1 Å². The third-order valence-corrected chi connectivity index (χ3v) is 11.4. The third-order valence-electron chi connectivity index (χ3n) is 11.1. The topological polar surface area (TPSA) is 80.2 Å². The molecule has 368 valence electrons. The number of nitrogens with two attached hydrogens (primary N) is 1. The molecule has 3 N–H and O–H groups in total. The maximum atomic E-state index is 12.6. The third kappa shape index (κ3) is 22.3. The Morgan fingerprint density at radius 2 is 1.01 bits per heavy atom. The van der Waals surface area contributed by atoms with Gasteiger partial charge in [-0.15, -0.1) is 0 Å². The fraction of sp³-hybridized carbons (Fsp3) is 0.412. The Balaban J connectivity index is 0.000000274. The Bertz CT molecular complexity index is 2430. The van der Waals surface area contributed by atoms with Crippen LogP contribution in [0.5, 0.6) is 0 Å². The first-order valence-corrected chi connectivity index (χ1v) is 23.4. The largest absolute Gasteiger partial charge is 0.389 e. The number of hydrogen-bond acceptors (Lipinski definition) is 6. The molecule has 70 heavy (non-hydrogen) atoms. The molecular formula is C51H63B4ClF6N8. The van der Waals surface area contributed by atoms with Gasteiger partial charge in [0.2, 0.25) is 11.2 Å². The number of rotatable bonds is 12. The van der Waals surface area contributed by atoms with Gasteiger partial charge >= 0.3 is 12.4 Å². The summed E-state index contributed by atoms with van der Waals surface area (Å²) in [6, 6.07) is 36.6. The summed E-state index contributed by atoms with van der Waals surface area (Å²) >= 11 is 5.89. The van der Waals surface area contributed by atoms with Crippen molar-refractivity contribution in [1.82, 2.24) is 28.9 Å². The van der Waals surface area contributed by atoms with Gasteiger partial charge < -0.3 is 20.2 Å². The Morgan fingerprint density at radius 3 is 1.46 bits per heavy atom. The first kappa shape index (κ1) is 59.2. The first-order chi connectivity index (χ1) is 32.9. The Hall–Kier alpha value is -5.07. The van der Waals surface area contributed by atoms with Crippen LogP contribution in [0.15, 0.2) is 134 Å². The van der Waals surface area contributed by atoms with E-state index in [4.69, 9.17) is 17.3 Å². The van der Waals surface area contributed by atoms with Crippen molar-refractivity contribution in [3.05, 3.63) is 150 Å². The molecule has 0 amide bonds. The second kappa shape index (κ2) is 30.6. The number of benzene rings is 4. The van der Waals surface area contributed by atoms with Crippen LogP contribution in [0.2, 0.25) is 5.28 Å². The average molecular weight is 981 g/mol. The van der Waals surface area contributed by atoms with E-state index < -0.39 is 31.6 Å². The molecule has 4 heterocycles. The van der Waals surface area contributed by atoms with Gasteiger partial charge in [-0.3, -0.25) is 9.80 Å². The predicted molar refractivity (Wildman–Crippen MR) is 280 cm³/mol. The molecule has 6 radical (unpaired) electrons. The summed E-state index contributed by atoms with van der Waals surface area (Å²) in [7, 11) is 14.0. The van der Waals surface area contributed by atoms with Gasteiger partial charge in [-0.25, -0.2) is 9.97 Å². The van der Waals surface area contributed by atoms with Crippen LogP contribution in [-0.4, -0.2) is 109 Å². The van der Waals surface area contributed by atoms with E-state index in [-0.39, 0.29) is 38.1 Å². The molecule has 2 aromatic heterocycles. The first-order valence-electron chi connectivity index (χ1n) is 23.0. The van der Waals surface area contributed by atoms with Crippen molar-refractivity contribution in [1.29, 1.82) is 0 Å². The van der Waals surface area contributed by atoms with Crippen LogP contribution in [0.25, 0.3) is 22.1 Å². The van der Waals surface area contributed by atoms with E-state index in [1.807, 2.05) is 41.0 Å². The molecule has 0 spiro atoms. The lowest BCUT2D eigenvalue weighted by molar-refractivity contribution is -0.136. The highest BCUT2D eigenvalue weighted by Gasteiger charge is 2.28. The van der Waals surface area contributed by atoms with Crippen LogP contribution >= 0.6 is 11.6 Å². The number of aryl methyl sites for hydroxylation is 2. The summed E-state index contributed by atoms with van der Waals surface area (Å²) in [4.78, 5) is 13.7. The Kier molecular flexibility index (Phi) is 25.9. The normalized spacial score (nSPS) is 14.4. The molecule has 0 atom stereocenters. The fourth-order valence-electron chi connectivity index (χ4n) is 7.76. The van der Waals surface area contributed by atoms with E-state index in [2.05, 4.69) is 128 Å². The van der Waals surface area contributed by atoms with E-state index >= 15 is 0 Å². The van der Waals surface area contributed by atoms with Crippen LogP contribution in [0.3, 0.4) is 0 Å². The molecule has 19 heteroatoms. The minimum atomic E-state index is -4.13. The lowest BCUT2D eigenvalue weighted by Crippen LogP contribution is -2.39. The van der Waals surface area contributed by atoms with Crippen molar-refractivity contribution in [2.24, 2.45) is 5.73 Å². The van der Waals surface area contributed by atoms with Gasteiger partial charge in [0.25, 0.3) is 0 Å². The van der Waals surface area contributed by atoms with E-state index in [1.165, 1.54) is 11.1 Å². The standard InChI is InChI=1S/C23H27F3N4.C12H18N2.C11H10ClF3N2.C4H4.CH4.B4/c24-23(25,26)13-6-14-30-21-10-5-4-9-20(21)28-22(30)27-19-11-15-29(16-12-19)17-18-7-2-1-3-8-18;13-12-6-8-14(9-7-12)10-11-4-2-1-3-5-11;12-10-16-8-4-1-2-5-9(8)17(10)7-3-6-11(13,14)15;1-3-4-2;;1-4(2)3/h1-5,7-10,19H,6,11-17H2,(H,27,28);1-5,12H,6-10,13H2;1-2,4-5H,3,6-7H2;1-2H2;1H4;. The maximum Gasteiger partial charge on any atom is 0.389 e. The Morgan fingerprint density at radius 1 is 0.629 bits per heavy atom. The number of likely N-dealkylation sites (tertiary alicyclic amines) is 2. The molecular weight excluding hydrogens is 917 g/mol. The second-order valence-corrected chi connectivity index (χ2v) is 17.1. The number of anilines is 1. The zero-order valence-corrected chi connectivity index (χ0v) is 39.7. The number of nitrogens with zero attached hydrogens (tertiary/aromatic N) is 6. The lowest BCUT2D eigenvalue weighted by Gasteiger charge is -2.32. The zero-order chi connectivity index (χ0) is 50.2. The van der Waals surface area contributed by atoms with Crippen LogP contribution in [-0.2, 0) is 26.2 Å². The maximum absolute atomic E-state index is 12.6. The number of halogens is 7. The van der Waals surface area contributed by atoms with Gasteiger partial charge in [0, 0.05) is 93.8 Å². The molecule has 4 aromatic carbocycles. The van der Waals surface area contributed by atoms with Gasteiger partial charge in [0.15, 0.2) is 0 Å². The molecule has 0 saturated carbocycles. The molecule has 2 aliphatic rings. The van der Waals surface area contributed by atoms with Gasteiger partial charge in [-0.1, -0.05) is 104 Å². The van der Waals surface area contributed by atoms with Crippen molar-refractivity contribution < 1.29 is 26.3 Å². The molecule has 2 fully saturated rings. The van der Waals surface area contributed by atoms with Crippen molar-refractivity contribution in [3.63, 3.8) is 0 Å². The second-order valence-electron chi connectivity index (χ2n) is 16.7. The van der Waals surface area contributed by atoms with Gasteiger partial charge in [-0.05, 0) is 112 Å². The van der Waals surface area contributed by atoms with Crippen molar-refractivity contribution in [2.45, 2.75) is 109 Å². The Labute approximate surface area is 419 Å². The number of para-hydroxylation sites is 4. The number of alkyl halides is 6. The molecule has 6 aromatic rings. The fourth-order valence-corrected chi connectivity index (χ4v) is 8.02. The van der Waals surface area contributed by atoms with Crippen molar-refractivity contribution in [2.75, 3.05) is 31.5 Å². The molecule has 8 nitrogen and oxygen atoms in total. The number of hydrogen-bond donors (Lipinski definition) is 2. The van der Waals surface area contributed by atoms with E-state index in [0.717, 1.165) is 81.5 Å². The smallest absolute Gasteiger partial charge is 0.353 e. The van der Waals surface area contributed by atoms with Crippen molar-refractivity contribution in [3.8, 4) is 0 Å². The van der Waals surface area contributed by atoms with Gasteiger partial charge in [0.1, 0.15) is 0 Å². The molecule has 0 bridgehead atoms. The summed E-state index contributed by atoms with van der Waals surface area (Å²) in [6.45, 7) is 13.2. The molecule has 0 unspecified atom stereocenters. The molecule has 8 rings (SSSR count). The lowest BCUT2D eigenvalue weighted by atomic mass is 9.08. The molecule has 2 saturated heterocycles. The highest BCUT2D eigenvalue weighted by atomic mass is 35.5. The average Bonchev–Trinajstić information content (AvgIpc) is 3.83. The van der Waals surface area contributed by atoms with Crippen LogP contribution in [0, 0.1) is 0 Å². The summed E-state index contributed by atoms with van der Waals surface area (Å²) in [5.74, 6) is 0.680. The minimum absolute atomic E-state index is 0. The van der Waals surface area contributed by atoms with Crippen molar-refractivity contribution >= 4 is 69.2 Å². The summed E-state index contributed by atoms with van der Waals surface area (Å²) in [5, 5.41) is 3.74. The number of fused-ring (bicyclic) bond motifs is 2. The summed E-state index contributed by atoms with van der Waals surface area (Å²) < 4.78 is 77.5.